The first-order chi connectivity index (χ1) is 11.6. The fourth-order valence-electron chi connectivity index (χ4n) is 3.21. The van der Waals surface area contributed by atoms with Gasteiger partial charge in [0.25, 0.3) is 5.91 Å². The van der Waals surface area contributed by atoms with E-state index in [1.165, 1.54) is 0 Å². The van der Waals surface area contributed by atoms with Crippen LogP contribution in [0.1, 0.15) is 29.0 Å². The van der Waals surface area contributed by atoms with Crippen molar-refractivity contribution >= 4 is 16.9 Å². The number of amides is 1. The molecule has 122 valence electrons. The van der Waals surface area contributed by atoms with Gasteiger partial charge in [-0.25, -0.2) is 14.6 Å². The van der Waals surface area contributed by atoms with Crippen LogP contribution in [0, 0.1) is 6.92 Å². The van der Waals surface area contributed by atoms with Gasteiger partial charge in [-0.2, -0.15) is 5.10 Å². The highest BCUT2D eigenvalue weighted by Gasteiger charge is 2.20. The molecule has 1 fully saturated rings. The van der Waals surface area contributed by atoms with Gasteiger partial charge in [0.05, 0.1) is 5.39 Å². The molecule has 3 aromatic rings. The molecule has 2 aromatic heterocycles. The van der Waals surface area contributed by atoms with E-state index in [4.69, 9.17) is 0 Å². The van der Waals surface area contributed by atoms with Gasteiger partial charge in [0.1, 0.15) is 11.5 Å². The number of hydrogen-bond donors (Lipinski definition) is 0. The van der Waals surface area contributed by atoms with Gasteiger partial charge in [-0.05, 0) is 31.9 Å². The smallest absolute Gasteiger partial charge is 0.253 e. The summed E-state index contributed by atoms with van der Waals surface area (Å²) in [6.07, 6.45) is 4.01. The molecular formula is C18H19N5O. The monoisotopic (exact) mass is 321 g/mol. The van der Waals surface area contributed by atoms with Gasteiger partial charge in [-0.1, -0.05) is 12.1 Å². The van der Waals surface area contributed by atoms with E-state index in [1.807, 2.05) is 49.3 Å². The number of carbonyl (C=O) groups is 1. The summed E-state index contributed by atoms with van der Waals surface area (Å²) in [6, 6.07) is 7.66. The molecule has 1 aliphatic heterocycles. The molecule has 0 atom stereocenters. The zero-order chi connectivity index (χ0) is 16.7. The average molecular weight is 321 g/mol. The second-order valence-corrected chi connectivity index (χ2v) is 6.20. The van der Waals surface area contributed by atoms with Crippen molar-refractivity contribution in [1.29, 1.82) is 0 Å². The van der Waals surface area contributed by atoms with Crippen LogP contribution in [-0.2, 0) is 7.05 Å². The third kappa shape index (κ3) is 2.44. The van der Waals surface area contributed by atoms with E-state index in [9.17, 15) is 4.79 Å². The summed E-state index contributed by atoms with van der Waals surface area (Å²) < 4.78 is 1.77. The van der Waals surface area contributed by atoms with Crippen LogP contribution in [0.25, 0.3) is 22.3 Å². The summed E-state index contributed by atoms with van der Waals surface area (Å²) in [7, 11) is 1.88. The number of benzene rings is 1. The highest BCUT2D eigenvalue weighted by atomic mass is 16.2. The van der Waals surface area contributed by atoms with Crippen molar-refractivity contribution in [2.45, 2.75) is 19.8 Å². The van der Waals surface area contributed by atoms with Gasteiger partial charge in [0.15, 0.2) is 5.65 Å². The highest BCUT2D eigenvalue weighted by molar-refractivity contribution is 5.96. The molecule has 3 heterocycles. The van der Waals surface area contributed by atoms with E-state index in [0.29, 0.717) is 0 Å². The van der Waals surface area contributed by atoms with Crippen molar-refractivity contribution in [3.05, 3.63) is 41.9 Å². The Morgan fingerprint density at radius 1 is 1.12 bits per heavy atom. The van der Waals surface area contributed by atoms with Crippen LogP contribution in [0.4, 0.5) is 0 Å². The van der Waals surface area contributed by atoms with Gasteiger partial charge in [-0.3, -0.25) is 4.79 Å². The Balaban J connectivity index is 1.69. The molecule has 0 bridgehead atoms. The number of carbonyl (C=O) groups excluding carboxylic acids is 1. The first-order valence-electron chi connectivity index (χ1n) is 8.19. The van der Waals surface area contributed by atoms with Crippen LogP contribution >= 0.6 is 0 Å². The number of nitrogens with zero attached hydrogens (tertiary/aromatic N) is 5. The van der Waals surface area contributed by atoms with Crippen molar-refractivity contribution in [3.63, 3.8) is 0 Å². The van der Waals surface area contributed by atoms with Crippen molar-refractivity contribution < 1.29 is 4.79 Å². The third-order valence-corrected chi connectivity index (χ3v) is 4.50. The topological polar surface area (TPSA) is 63.9 Å². The molecule has 0 N–H and O–H groups in total. The van der Waals surface area contributed by atoms with E-state index in [1.54, 1.807) is 4.68 Å². The minimum atomic E-state index is 0.115. The van der Waals surface area contributed by atoms with Gasteiger partial charge < -0.3 is 4.90 Å². The molecule has 1 aromatic carbocycles. The Morgan fingerprint density at radius 3 is 2.54 bits per heavy atom. The van der Waals surface area contributed by atoms with Crippen LogP contribution in [0.2, 0.25) is 0 Å². The molecule has 1 amide bonds. The van der Waals surface area contributed by atoms with E-state index < -0.39 is 0 Å². The van der Waals surface area contributed by atoms with Crippen LogP contribution < -0.4 is 0 Å². The Hall–Kier alpha value is -2.76. The SMILES string of the molecule is Cc1ncc2c(-c3ccc(C(=O)N4CCCC4)cc3)nn(C)c2n1. The molecule has 0 spiro atoms. The van der Waals surface area contributed by atoms with E-state index >= 15 is 0 Å². The van der Waals surface area contributed by atoms with Gasteiger partial charge >= 0.3 is 0 Å². The lowest BCUT2D eigenvalue weighted by atomic mass is 10.1. The molecule has 6 heteroatoms. The Bertz CT molecular complexity index is 907. The zero-order valence-corrected chi connectivity index (χ0v) is 13.9. The molecule has 0 saturated carbocycles. The molecule has 1 saturated heterocycles. The maximum atomic E-state index is 12.4. The summed E-state index contributed by atoms with van der Waals surface area (Å²) >= 11 is 0. The molecular weight excluding hydrogens is 302 g/mol. The fourth-order valence-corrected chi connectivity index (χ4v) is 3.21. The summed E-state index contributed by atoms with van der Waals surface area (Å²) in [5.74, 6) is 0.840. The predicted octanol–water partition coefficient (Wildman–Crippen LogP) is 2.57. The summed E-state index contributed by atoms with van der Waals surface area (Å²) in [5, 5.41) is 5.49. The van der Waals surface area contributed by atoms with Crippen molar-refractivity contribution in [2.24, 2.45) is 7.05 Å². The summed E-state index contributed by atoms with van der Waals surface area (Å²) in [4.78, 5) is 23.1. The number of hydrogen-bond acceptors (Lipinski definition) is 4. The van der Waals surface area contributed by atoms with E-state index in [-0.39, 0.29) is 5.91 Å². The fraction of sp³-hybridized carbons (Fsp3) is 0.333. The van der Waals surface area contributed by atoms with Gasteiger partial charge in [0, 0.05) is 37.5 Å². The number of likely N-dealkylation sites (tertiary alicyclic amines) is 1. The molecule has 24 heavy (non-hydrogen) atoms. The van der Waals surface area contributed by atoms with E-state index in [2.05, 4.69) is 15.1 Å². The first-order valence-corrected chi connectivity index (χ1v) is 8.19. The second-order valence-electron chi connectivity index (χ2n) is 6.20. The maximum Gasteiger partial charge on any atom is 0.253 e. The van der Waals surface area contributed by atoms with Crippen LogP contribution in [-0.4, -0.2) is 43.6 Å². The lowest BCUT2D eigenvalue weighted by molar-refractivity contribution is 0.0793. The minimum absolute atomic E-state index is 0.115. The molecule has 0 radical (unpaired) electrons. The van der Waals surface area contributed by atoms with E-state index in [0.717, 1.165) is 59.6 Å². The Kier molecular flexibility index (Phi) is 3.52. The first kappa shape index (κ1) is 14.8. The van der Waals surface area contributed by atoms with Crippen molar-refractivity contribution in [1.82, 2.24) is 24.6 Å². The van der Waals surface area contributed by atoms with Crippen LogP contribution in [0.3, 0.4) is 0 Å². The highest BCUT2D eigenvalue weighted by Crippen LogP contribution is 2.26. The average Bonchev–Trinajstić information content (AvgIpc) is 3.23. The molecule has 1 aliphatic rings. The van der Waals surface area contributed by atoms with Crippen molar-refractivity contribution in [3.8, 4) is 11.3 Å². The van der Waals surface area contributed by atoms with Crippen LogP contribution in [0.5, 0.6) is 0 Å². The number of fused-ring (bicyclic) bond motifs is 1. The minimum Gasteiger partial charge on any atom is -0.339 e. The largest absolute Gasteiger partial charge is 0.339 e. The molecule has 0 aliphatic carbocycles. The Morgan fingerprint density at radius 2 is 1.83 bits per heavy atom. The molecule has 4 rings (SSSR count). The third-order valence-electron chi connectivity index (χ3n) is 4.50. The summed E-state index contributed by atoms with van der Waals surface area (Å²) in [6.45, 7) is 3.59. The maximum absolute atomic E-state index is 12.4. The zero-order valence-electron chi connectivity index (χ0n) is 13.9. The standard InChI is InChI=1S/C18H19N5O/c1-12-19-11-15-16(21-22(2)17(15)20-12)13-5-7-14(8-6-13)18(24)23-9-3-4-10-23/h5-8,11H,3-4,9-10H2,1-2H3. The number of aromatic nitrogens is 4. The lowest BCUT2D eigenvalue weighted by Gasteiger charge is -2.15. The van der Waals surface area contributed by atoms with Crippen molar-refractivity contribution in [2.75, 3.05) is 13.1 Å². The van der Waals surface area contributed by atoms with Gasteiger partial charge in [0.2, 0.25) is 0 Å². The normalized spacial score (nSPS) is 14.5. The predicted molar refractivity (Wildman–Crippen MR) is 91.6 cm³/mol. The van der Waals surface area contributed by atoms with Gasteiger partial charge in [-0.15, -0.1) is 0 Å². The summed E-state index contributed by atoms with van der Waals surface area (Å²) in [5.41, 5.74) is 3.35. The molecule has 6 nitrogen and oxygen atoms in total. The quantitative estimate of drug-likeness (QED) is 0.728. The number of aryl methyl sites for hydroxylation is 2. The lowest BCUT2D eigenvalue weighted by Crippen LogP contribution is -2.27. The Labute approximate surface area is 140 Å². The second kappa shape index (κ2) is 5.70. The molecule has 0 unspecified atom stereocenters. The van der Waals surface area contributed by atoms with Crippen LogP contribution in [0.15, 0.2) is 30.5 Å². The number of rotatable bonds is 2.